The fourth-order valence-electron chi connectivity index (χ4n) is 5.79. The molecule has 0 unspecified atom stereocenters. The van der Waals surface area contributed by atoms with Crippen LogP contribution in [0.1, 0.15) is 51.0 Å². The first-order valence-corrected chi connectivity index (χ1v) is 15.3. The second-order valence-electron chi connectivity index (χ2n) is 11.1. The van der Waals surface area contributed by atoms with Gasteiger partial charge in [-0.1, -0.05) is 26.2 Å². The monoisotopic (exact) mass is 612 g/mol. The molecule has 0 radical (unpaired) electrons. The number of aromatic nitrogens is 2. The number of carbonyl (C=O) groups is 3. The number of H-pyrrole nitrogens is 1. The molecule has 0 aliphatic carbocycles. The highest BCUT2D eigenvalue weighted by Crippen LogP contribution is 2.27. The third kappa shape index (κ3) is 8.28. The number of unbranched alkanes of at least 4 members (excludes halogenated alkanes) is 2. The van der Waals surface area contributed by atoms with E-state index < -0.39 is 12.0 Å². The van der Waals surface area contributed by atoms with Crippen LogP contribution in [0.3, 0.4) is 0 Å². The van der Waals surface area contributed by atoms with E-state index in [1.165, 1.54) is 17.3 Å². The second-order valence-corrected chi connectivity index (χ2v) is 11.1. The normalized spacial score (nSPS) is 17.3. The van der Waals surface area contributed by atoms with E-state index in [0.717, 1.165) is 31.2 Å². The number of nitrogens with one attached hydrogen (secondary N) is 1. The topological polar surface area (TPSA) is 138 Å². The van der Waals surface area contributed by atoms with Crippen LogP contribution >= 0.6 is 0 Å². The molecule has 13 nitrogen and oxygen atoms in total. The van der Waals surface area contributed by atoms with Crippen molar-refractivity contribution < 1.29 is 28.7 Å². The van der Waals surface area contributed by atoms with Crippen LogP contribution in [0.15, 0.2) is 35.3 Å². The maximum atomic E-state index is 14.0. The van der Waals surface area contributed by atoms with Crippen LogP contribution in [0, 0.1) is 5.92 Å². The number of hydrogen-bond donors (Lipinski definition) is 1. The summed E-state index contributed by atoms with van der Waals surface area (Å²) in [5.41, 5.74) is 0.509. The van der Waals surface area contributed by atoms with Gasteiger partial charge in [-0.25, -0.2) is 10.0 Å². The number of carbonyl (C=O) groups excluding carboxylic acids is 3. The molecule has 0 saturated carbocycles. The maximum Gasteiger partial charge on any atom is 0.252 e. The SMILES string of the molecule is CCCCC[C@H](CN(C=O)OCc1ccc(OC)cc1OC)C(=O)N1CCC[C@H]1C(=O)N1CCN(c2nccc(=O)[nH]2)CC1. The number of methoxy groups -OCH3 is 2. The molecule has 2 aromatic rings. The summed E-state index contributed by atoms with van der Waals surface area (Å²) in [6, 6.07) is 6.16. The summed E-state index contributed by atoms with van der Waals surface area (Å²) in [6.07, 6.45) is 6.78. The first-order chi connectivity index (χ1) is 21.4. The third-order valence-corrected chi connectivity index (χ3v) is 8.27. The van der Waals surface area contributed by atoms with Crippen LogP contribution in [0.2, 0.25) is 0 Å². The number of hydroxylamine groups is 2. The van der Waals surface area contributed by atoms with Gasteiger partial charge in [0, 0.05) is 56.6 Å². The van der Waals surface area contributed by atoms with Crippen LogP contribution in [0.5, 0.6) is 11.5 Å². The molecule has 0 spiro atoms. The number of hydrogen-bond acceptors (Lipinski definition) is 9. The fraction of sp³-hybridized carbons (Fsp3) is 0.581. The van der Waals surface area contributed by atoms with Crippen LogP contribution in [0.4, 0.5) is 5.95 Å². The van der Waals surface area contributed by atoms with E-state index in [2.05, 4.69) is 16.9 Å². The van der Waals surface area contributed by atoms with Gasteiger partial charge in [0.05, 0.1) is 26.7 Å². The fourth-order valence-corrected chi connectivity index (χ4v) is 5.79. The molecule has 1 N–H and O–H groups in total. The zero-order valence-electron chi connectivity index (χ0n) is 25.9. The minimum Gasteiger partial charge on any atom is -0.497 e. The quantitative estimate of drug-likeness (QED) is 0.182. The maximum absolute atomic E-state index is 14.0. The molecule has 2 atom stereocenters. The molecule has 4 rings (SSSR count). The van der Waals surface area contributed by atoms with E-state index in [1.54, 1.807) is 42.2 Å². The van der Waals surface area contributed by atoms with E-state index in [0.29, 0.717) is 69.4 Å². The third-order valence-electron chi connectivity index (χ3n) is 8.27. The van der Waals surface area contributed by atoms with Crippen molar-refractivity contribution in [2.24, 2.45) is 5.92 Å². The van der Waals surface area contributed by atoms with Crippen molar-refractivity contribution in [3.8, 4) is 11.5 Å². The number of nitrogens with zero attached hydrogens (tertiary/aromatic N) is 5. The van der Waals surface area contributed by atoms with E-state index >= 15 is 0 Å². The van der Waals surface area contributed by atoms with E-state index in [1.807, 2.05) is 4.90 Å². The Morgan fingerprint density at radius 2 is 1.91 bits per heavy atom. The lowest BCUT2D eigenvalue weighted by molar-refractivity contribution is -0.183. The Balaban J connectivity index is 1.39. The number of rotatable bonds is 15. The van der Waals surface area contributed by atoms with Crippen molar-refractivity contribution in [3.05, 3.63) is 46.4 Å². The summed E-state index contributed by atoms with van der Waals surface area (Å²) in [4.78, 5) is 69.6. The van der Waals surface area contributed by atoms with Gasteiger partial charge in [-0.15, -0.1) is 0 Å². The summed E-state index contributed by atoms with van der Waals surface area (Å²) in [6.45, 7) is 4.76. The van der Waals surface area contributed by atoms with Crippen molar-refractivity contribution in [2.75, 3.05) is 58.4 Å². The molecule has 2 aliphatic heterocycles. The molecular weight excluding hydrogens is 568 g/mol. The molecule has 0 bridgehead atoms. The first kappa shape index (κ1) is 32.8. The number of aromatic amines is 1. The molecule has 44 heavy (non-hydrogen) atoms. The smallest absolute Gasteiger partial charge is 0.252 e. The van der Waals surface area contributed by atoms with Gasteiger partial charge in [0.25, 0.3) is 5.56 Å². The van der Waals surface area contributed by atoms with Crippen molar-refractivity contribution in [1.82, 2.24) is 24.8 Å². The van der Waals surface area contributed by atoms with Gasteiger partial charge in [-0.3, -0.25) is 29.0 Å². The Labute approximate surface area is 258 Å². The highest BCUT2D eigenvalue weighted by atomic mass is 16.7. The van der Waals surface area contributed by atoms with Crippen LogP contribution in [-0.4, -0.2) is 103 Å². The summed E-state index contributed by atoms with van der Waals surface area (Å²) < 4.78 is 10.7. The summed E-state index contributed by atoms with van der Waals surface area (Å²) >= 11 is 0. The standard InChI is InChI=1S/C31H44N6O7/c1-4-5-6-8-23(20-36(22-38)44-21-24-10-11-25(42-2)19-27(24)43-3)29(40)37-14-7-9-26(37)30(41)34-15-17-35(18-16-34)31-32-13-12-28(39)33-31/h10-13,19,22-23,26H,4-9,14-18,20-21H2,1-3H3,(H,32,33,39)/t23-,26+/m1/s1. The van der Waals surface area contributed by atoms with Crippen molar-refractivity contribution in [1.29, 1.82) is 0 Å². The van der Waals surface area contributed by atoms with E-state index in [9.17, 15) is 19.2 Å². The molecule has 240 valence electrons. The highest BCUT2D eigenvalue weighted by Gasteiger charge is 2.40. The summed E-state index contributed by atoms with van der Waals surface area (Å²) in [5, 5.41) is 1.17. The van der Waals surface area contributed by atoms with Crippen molar-refractivity contribution >= 4 is 24.2 Å². The Hall–Kier alpha value is -4.13. The van der Waals surface area contributed by atoms with Gasteiger partial charge < -0.3 is 24.2 Å². The van der Waals surface area contributed by atoms with Crippen LogP contribution in [-0.2, 0) is 25.8 Å². The first-order valence-electron chi connectivity index (χ1n) is 15.3. The van der Waals surface area contributed by atoms with Crippen molar-refractivity contribution in [3.63, 3.8) is 0 Å². The van der Waals surface area contributed by atoms with Gasteiger partial charge >= 0.3 is 0 Å². The molecule has 1 aromatic carbocycles. The Bertz CT molecular complexity index is 1310. The van der Waals surface area contributed by atoms with Gasteiger partial charge in [-0.2, -0.15) is 0 Å². The molecular formula is C31H44N6O7. The molecule has 1 aromatic heterocycles. The van der Waals surface area contributed by atoms with E-state index in [4.69, 9.17) is 14.3 Å². The molecule has 2 saturated heterocycles. The minimum atomic E-state index is -0.536. The van der Waals surface area contributed by atoms with Crippen LogP contribution < -0.4 is 19.9 Å². The largest absolute Gasteiger partial charge is 0.497 e. The number of benzene rings is 1. The predicted octanol–water partition coefficient (Wildman–Crippen LogP) is 2.21. The number of piperazine rings is 1. The number of likely N-dealkylation sites (tertiary alicyclic amines) is 1. The van der Waals surface area contributed by atoms with Gasteiger partial charge in [0.15, 0.2) is 0 Å². The number of anilines is 1. The second kappa shape index (κ2) is 16.1. The van der Waals surface area contributed by atoms with Gasteiger partial charge in [0.2, 0.25) is 24.2 Å². The zero-order chi connectivity index (χ0) is 31.5. The minimum absolute atomic E-state index is 0.0626. The molecule has 3 heterocycles. The Morgan fingerprint density at radius 1 is 1.11 bits per heavy atom. The molecule has 2 aliphatic rings. The van der Waals surface area contributed by atoms with Crippen LogP contribution in [0.25, 0.3) is 0 Å². The zero-order valence-corrected chi connectivity index (χ0v) is 25.9. The average molecular weight is 613 g/mol. The lowest BCUT2D eigenvalue weighted by atomic mass is 9.98. The molecule has 2 fully saturated rings. The summed E-state index contributed by atoms with van der Waals surface area (Å²) in [5.74, 6) is 1.01. The van der Waals surface area contributed by atoms with Gasteiger partial charge in [-0.05, 0) is 31.4 Å². The van der Waals surface area contributed by atoms with E-state index in [-0.39, 0.29) is 30.5 Å². The summed E-state index contributed by atoms with van der Waals surface area (Å²) in [7, 11) is 3.12. The average Bonchev–Trinajstić information content (AvgIpc) is 3.55. The predicted molar refractivity (Wildman–Crippen MR) is 163 cm³/mol. The Kier molecular flexibility index (Phi) is 12.0. The van der Waals surface area contributed by atoms with Gasteiger partial charge in [0.1, 0.15) is 24.1 Å². The highest BCUT2D eigenvalue weighted by molar-refractivity contribution is 5.89. The molecule has 13 heteroatoms. The lowest BCUT2D eigenvalue weighted by Gasteiger charge is -2.38. The number of ether oxygens (including phenoxy) is 2. The molecule has 3 amide bonds. The number of amides is 3. The lowest BCUT2D eigenvalue weighted by Crippen LogP contribution is -2.55. The van der Waals surface area contributed by atoms with Crippen molar-refractivity contribution in [2.45, 2.75) is 58.1 Å². The Morgan fingerprint density at radius 3 is 2.59 bits per heavy atom.